The average Bonchev–Trinajstić information content (AvgIpc) is 2.22. The van der Waals surface area contributed by atoms with Gasteiger partial charge in [-0.3, -0.25) is 14.9 Å². The Labute approximate surface area is 107 Å². The van der Waals surface area contributed by atoms with Crippen LogP contribution in [0.5, 0.6) is 0 Å². The molecule has 1 aromatic rings. The van der Waals surface area contributed by atoms with Crippen molar-refractivity contribution in [3.8, 4) is 0 Å². The highest BCUT2D eigenvalue weighted by Gasteiger charge is 2.29. The van der Waals surface area contributed by atoms with Gasteiger partial charge in [0.15, 0.2) is 17.3 Å². The number of nitro benzene ring substituents is 1. The fraction of sp³-hybridized carbons (Fsp3) is 0.364. The van der Waals surface area contributed by atoms with Crippen LogP contribution < -0.4 is 5.32 Å². The summed E-state index contributed by atoms with van der Waals surface area (Å²) in [5.74, 6) is -3.83. The number of nitrogens with zero attached hydrogens (tertiary/aromatic N) is 1. The Morgan fingerprint density at radius 2 is 2.05 bits per heavy atom. The fourth-order valence-electron chi connectivity index (χ4n) is 1.57. The van der Waals surface area contributed by atoms with E-state index in [2.05, 4.69) is 5.32 Å². The lowest BCUT2D eigenvalue weighted by Gasteiger charge is -2.25. The molecule has 0 saturated carbocycles. The molecule has 0 aromatic heterocycles. The molecule has 0 bridgehead atoms. The topological polar surface area (TPSA) is 92.5 Å². The molecule has 19 heavy (non-hydrogen) atoms. The summed E-state index contributed by atoms with van der Waals surface area (Å²) in [6, 6.07) is 1.46. The predicted octanol–water partition coefficient (Wildman–Crippen LogP) is 2.54. The quantitative estimate of drug-likeness (QED) is 0.635. The number of hydrogen-bond donors (Lipinski definition) is 2. The molecule has 1 rings (SSSR count). The van der Waals surface area contributed by atoms with Gasteiger partial charge in [-0.05, 0) is 19.9 Å². The molecule has 0 atom stereocenters. The SMILES string of the molecule is CC(C)(CC(=O)O)Nc1c([N+](=O)[O-])ccc(F)c1F. The summed E-state index contributed by atoms with van der Waals surface area (Å²) in [5.41, 5.74) is -2.49. The molecule has 0 saturated heterocycles. The molecule has 0 spiro atoms. The van der Waals surface area contributed by atoms with Crippen molar-refractivity contribution in [2.45, 2.75) is 25.8 Å². The first kappa shape index (κ1) is 14.8. The molecule has 0 aliphatic rings. The Morgan fingerprint density at radius 1 is 1.47 bits per heavy atom. The molecule has 0 aliphatic heterocycles. The molecular formula is C11H12F2N2O4. The van der Waals surface area contributed by atoms with Gasteiger partial charge in [-0.25, -0.2) is 8.78 Å². The number of halogens is 2. The summed E-state index contributed by atoms with van der Waals surface area (Å²) in [4.78, 5) is 20.5. The lowest BCUT2D eigenvalue weighted by atomic mass is 10.00. The van der Waals surface area contributed by atoms with Crippen molar-refractivity contribution < 1.29 is 23.6 Å². The molecular weight excluding hydrogens is 262 g/mol. The number of nitro groups is 1. The van der Waals surface area contributed by atoms with Gasteiger partial charge in [0, 0.05) is 11.6 Å². The Bertz CT molecular complexity index is 532. The molecule has 0 heterocycles. The molecule has 0 aliphatic carbocycles. The van der Waals surface area contributed by atoms with E-state index in [1.54, 1.807) is 0 Å². The summed E-state index contributed by atoms with van der Waals surface area (Å²) in [5, 5.41) is 21.8. The van der Waals surface area contributed by atoms with Gasteiger partial charge in [0.2, 0.25) is 0 Å². The van der Waals surface area contributed by atoms with E-state index in [0.717, 1.165) is 6.07 Å². The first-order chi connectivity index (χ1) is 8.64. The molecule has 8 heteroatoms. The van der Waals surface area contributed by atoms with E-state index in [9.17, 15) is 23.7 Å². The number of nitrogens with one attached hydrogen (secondary N) is 1. The van der Waals surface area contributed by atoms with Gasteiger partial charge in [-0.15, -0.1) is 0 Å². The van der Waals surface area contributed by atoms with Crippen molar-refractivity contribution >= 4 is 17.3 Å². The summed E-state index contributed by atoms with van der Waals surface area (Å²) < 4.78 is 26.7. The maximum Gasteiger partial charge on any atom is 0.305 e. The third-order valence-corrected chi connectivity index (χ3v) is 2.33. The smallest absolute Gasteiger partial charge is 0.305 e. The van der Waals surface area contributed by atoms with Crippen LogP contribution in [0.4, 0.5) is 20.2 Å². The number of carboxylic acid groups (broad SMARTS) is 1. The highest BCUT2D eigenvalue weighted by atomic mass is 19.2. The first-order valence-electron chi connectivity index (χ1n) is 5.26. The Morgan fingerprint density at radius 3 is 2.53 bits per heavy atom. The van der Waals surface area contributed by atoms with Gasteiger partial charge in [-0.1, -0.05) is 0 Å². The lowest BCUT2D eigenvalue weighted by Crippen LogP contribution is -2.34. The largest absolute Gasteiger partial charge is 0.481 e. The second kappa shape index (κ2) is 5.17. The van der Waals surface area contributed by atoms with Crippen LogP contribution >= 0.6 is 0 Å². The van der Waals surface area contributed by atoms with Gasteiger partial charge in [0.25, 0.3) is 5.69 Å². The highest BCUT2D eigenvalue weighted by molar-refractivity contribution is 5.70. The Balaban J connectivity index is 3.22. The standard InChI is InChI=1S/C11H12F2N2O4/c1-11(2,5-8(16)17)14-10-7(15(18)19)4-3-6(12)9(10)13/h3-4,14H,5H2,1-2H3,(H,16,17). The Hall–Kier alpha value is -2.25. The number of carboxylic acids is 1. The monoisotopic (exact) mass is 274 g/mol. The highest BCUT2D eigenvalue weighted by Crippen LogP contribution is 2.32. The van der Waals surface area contributed by atoms with Crippen LogP contribution in [0.15, 0.2) is 12.1 Å². The van der Waals surface area contributed by atoms with E-state index in [0.29, 0.717) is 6.07 Å². The second-order valence-electron chi connectivity index (χ2n) is 4.59. The van der Waals surface area contributed by atoms with E-state index in [4.69, 9.17) is 5.11 Å². The summed E-state index contributed by atoms with van der Waals surface area (Å²) >= 11 is 0. The second-order valence-corrected chi connectivity index (χ2v) is 4.59. The van der Waals surface area contributed by atoms with Crippen LogP contribution in [0.25, 0.3) is 0 Å². The zero-order chi connectivity index (χ0) is 14.8. The molecule has 0 radical (unpaired) electrons. The lowest BCUT2D eigenvalue weighted by molar-refractivity contribution is -0.384. The summed E-state index contributed by atoms with van der Waals surface area (Å²) in [6.07, 6.45) is -0.417. The maximum absolute atomic E-state index is 13.6. The van der Waals surface area contributed by atoms with Crippen molar-refractivity contribution in [1.82, 2.24) is 0 Å². The third-order valence-electron chi connectivity index (χ3n) is 2.33. The van der Waals surface area contributed by atoms with Gasteiger partial charge >= 0.3 is 5.97 Å². The molecule has 0 amide bonds. The molecule has 1 aromatic carbocycles. The normalized spacial score (nSPS) is 11.2. The van der Waals surface area contributed by atoms with Crippen LogP contribution in [0.3, 0.4) is 0 Å². The predicted molar refractivity (Wildman–Crippen MR) is 63.0 cm³/mol. The number of rotatable bonds is 5. The summed E-state index contributed by atoms with van der Waals surface area (Å²) in [7, 11) is 0. The molecule has 6 nitrogen and oxygen atoms in total. The van der Waals surface area contributed by atoms with Crippen LogP contribution in [-0.2, 0) is 4.79 Å². The average molecular weight is 274 g/mol. The molecule has 104 valence electrons. The number of anilines is 1. The van der Waals surface area contributed by atoms with Crippen molar-refractivity contribution in [1.29, 1.82) is 0 Å². The van der Waals surface area contributed by atoms with E-state index in [1.807, 2.05) is 0 Å². The van der Waals surface area contributed by atoms with Crippen molar-refractivity contribution in [2.75, 3.05) is 5.32 Å². The van der Waals surface area contributed by atoms with E-state index in [-0.39, 0.29) is 0 Å². The minimum atomic E-state index is -1.41. The van der Waals surface area contributed by atoms with Crippen molar-refractivity contribution in [3.63, 3.8) is 0 Å². The number of carbonyl (C=O) groups is 1. The van der Waals surface area contributed by atoms with E-state index < -0.39 is 45.9 Å². The van der Waals surface area contributed by atoms with Gasteiger partial charge in [-0.2, -0.15) is 0 Å². The number of hydrogen-bond acceptors (Lipinski definition) is 4. The molecule has 2 N–H and O–H groups in total. The third kappa shape index (κ3) is 3.60. The maximum atomic E-state index is 13.6. The van der Waals surface area contributed by atoms with Gasteiger partial charge in [0.05, 0.1) is 11.3 Å². The minimum Gasteiger partial charge on any atom is -0.481 e. The summed E-state index contributed by atoms with van der Waals surface area (Å²) in [6.45, 7) is 2.82. The zero-order valence-electron chi connectivity index (χ0n) is 10.2. The number of benzene rings is 1. The van der Waals surface area contributed by atoms with Crippen LogP contribution in [0.2, 0.25) is 0 Å². The van der Waals surface area contributed by atoms with Crippen LogP contribution in [-0.4, -0.2) is 21.5 Å². The number of aliphatic carboxylic acids is 1. The first-order valence-corrected chi connectivity index (χ1v) is 5.26. The van der Waals surface area contributed by atoms with Gasteiger partial charge in [0.1, 0.15) is 0 Å². The molecule has 0 unspecified atom stereocenters. The van der Waals surface area contributed by atoms with Crippen LogP contribution in [0, 0.1) is 21.7 Å². The van der Waals surface area contributed by atoms with Crippen LogP contribution in [0.1, 0.15) is 20.3 Å². The van der Waals surface area contributed by atoms with E-state index in [1.165, 1.54) is 13.8 Å². The van der Waals surface area contributed by atoms with E-state index >= 15 is 0 Å². The van der Waals surface area contributed by atoms with Crippen molar-refractivity contribution in [2.24, 2.45) is 0 Å². The minimum absolute atomic E-state index is 0.417. The fourth-order valence-corrected chi connectivity index (χ4v) is 1.57. The van der Waals surface area contributed by atoms with Gasteiger partial charge < -0.3 is 10.4 Å². The zero-order valence-corrected chi connectivity index (χ0v) is 10.2. The Kier molecular flexibility index (Phi) is 4.03. The van der Waals surface area contributed by atoms with Crippen molar-refractivity contribution in [3.05, 3.63) is 33.9 Å². The molecule has 0 fully saturated rings.